The third-order valence-electron chi connectivity index (χ3n) is 5.41. The maximum Gasteiger partial charge on any atom is 0.273 e. The number of carbonyl (C=O) groups is 1. The van der Waals surface area contributed by atoms with Gasteiger partial charge < -0.3 is 9.15 Å². The normalized spacial score (nSPS) is 14.3. The van der Waals surface area contributed by atoms with E-state index in [-0.39, 0.29) is 16.1 Å². The van der Waals surface area contributed by atoms with Gasteiger partial charge in [0.05, 0.1) is 23.6 Å². The van der Waals surface area contributed by atoms with Gasteiger partial charge in [0.25, 0.3) is 15.9 Å². The highest BCUT2D eigenvalue weighted by Crippen LogP contribution is 2.35. The van der Waals surface area contributed by atoms with E-state index < -0.39 is 15.9 Å². The van der Waals surface area contributed by atoms with Gasteiger partial charge in [-0.1, -0.05) is 30.3 Å². The highest BCUT2D eigenvalue weighted by atomic mass is 32.2. The number of rotatable bonds is 6. The lowest BCUT2D eigenvalue weighted by molar-refractivity contribution is 0.101. The first-order chi connectivity index (χ1) is 15.9. The van der Waals surface area contributed by atoms with Crippen LogP contribution in [0.4, 0.5) is 5.69 Å². The van der Waals surface area contributed by atoms with Crippen LogP contribution in [-0.4, -0.2) is 25.9 Å². The highest BCUT2D eigenvalue weighted by molar-refractivity contribution is 7.94. The molecule has 2 heterocycles. The molecule has 0 fully saturated rings. The number of amides is 1. The zero-order valence-electron chi connectivity index (χ0n) is 17.8. The first kappa shape index (κ1) is 21.0. The van der Waals surface area contributed by atoms with Gasteiger partial charge in [-0.05, 0) is 55.5 Å². The second-order valence-electron chi connectivity index (χ2n) is 7.55. The van der Waals surface area contributed by atoms with E-state index in [0.29, 0.717) is 24.7 Å². The third-order valence-corrected chi connectivity index (χ3v) is 7.18. The smallest absolute Gasteiger partial charge is 0.273 e. The molecule has 0 spiro atoms. The van der Waals surface area contributed by atoms with Crippen LogP contribution < -0.4 is 9.04 Å². The van der Waals surface area contributed by atoms with Crippen LogP contribution in [0.5, 0.6) is 5.75 Å². The topological polar surface area (TPSA) is 89.7 Å². The summed E-state index contributed by atoms with van der Waals surface area (Å²) in [4.78, 5) is 17.2. The summed E-state index contributed by atoms with van der Waals surface area (Å²) >= 11 is 0. The number of sulfonamides is 1. The van der Waals surface area contributed by atoms with Gasteiger partial charge in [-0.2, -0.15) is 4.31 Å². The first-order valence-electron chi connectivity index (χ1n) is 10.4. The molecule has 0 unspecified atom stereocenters. The van der Waals surface area contributed by atoms with E-state index in [1.807, 2.05) is 37.3 Å². The van der Waals surface area contributed by atoms with Crippen LogP contribution in [0.3, 0.4) is 0 Å². The van der Waals surface area contributed by atoms with Gasteiger partial charge in [0.15, 0.2) is 0 Å². The average Bonchev–Trinajstić information content (AvgIpc) is 3.30. The molecule has 0 atom stereocenters. The van der Waals surface area contributed by atoms with Crippen LogP contribution in [0.2, 0.25) is 0 Å². The number of aryl methyl sites for hydroxylation is 1. The van der Waals surface area contributed by atoms with Crippen LogP contribution in [-0.2, 0) is 16.4 Å². The van der Waals surface area contributed by atoms with Gasteiger partial charge in [-0.3, -0.25) is 4.79 Å². The number of hydrogen-bond donors (Lipinski definition) is 0. The Morgan fingerprint density at radius 3 is 2.36 bits per heavy atom. The van der Waals surface area contributed by atoms with Crippen molar-refractivity contribution in [3.63, 3.8) is 0 Å². The van der Waals surface area contributed by atoms with E-state index in [1.165, 1.54) is 12.1 Å². The molecule has 1 aromatic heterocycles. The summed E-state index contributed by atoms with van der Waals surface area (Å²) in [7, 11) is -3.92. The lowest BCUT2D eigenvalue weighted by Crippen LogP contribution is -2.29. The molecule has 0 N–H and O–H groups in total. The van der Waals surface area contributed by atoms with E-state index in [9.17, 15) is 13.2 Å². The minimum absolute atomic E-state index is 0.0215. The predicted molar refractivity (Wildman–Crippen MR) is 123 cm³/mol. The number of carbonyl (C=O) groups excluding carboxylic acids is 1. The maximum absolute atomic E-state index is 12.8. The Kier molecular flexibility index (Phi) is 5.22. The monoisotopic (exact) mass is 460 g/mol. The number of oxazole rings is 1. The zero-order chi connectivity index (χ0) is 23.0. The van der Waals surface area contributed by atoms with Gasteiger partial charge in [-0.15, -0.1) is 0 Å². The van der Waals surface area contributed by atoms with Crippen molar-refractivity contribution in [2.75, 3.05) is 10.9 Å². The molecule has 5 rings (SSSR count). The quantitative estimate of drug-likeness (QED) is 0.417. The van der Waals surface area contributed by atoms with Crippen molar-refractivity contribution in [2.45, 2.75) is 18.2 Å². The second kappa shape index (κ2) is 8.22. The summed E-state index contributed by atoms with van der Waals surface area (Å²) in [5.41, 5.74) is 2.17. The molecule has 0 bridgehead atoms. The van der Waals surface area contributed by atoms with Crippen molar-refractivity contribution >= 4 is 21.6 Å². The van der Waals surface area contributed by atoms with Gasteiger partial charge in [0.1, 0.15) is 16.4 Å². The third kappa shape index (κ3) is 3.78. The van der Waals surface area contributed by atoms with E-state index in [0.717, 1.165) is 21.3 Å². The molecule has 0 saturated carbocycles. The van der Waals surface area contributed by atoms with Gasteiger partial charge in [-0.25, -0.2) is 13.4 Å². The lowest BCUT2D eigenvalue weighted by atomic mass is 10.2. The minimum atomic E-state index is -3.92. The van der Waals surface area contributed by atoms with Gasteiger partial charge >= 0.3 is 0 Å². The fourth-order valence-electron chi connectivity index (χ4n) is 3.75. The van der Waals surface area contributed by atoms with Gasteiger partial charge in [0.2, 0.25) is 5.89 Å². The number of ether oxygens (including phenoxy) is 1. The Labute approximate surface area is 191 Å². The lowest BCUT2D eigenvalue weighted by Gasteiger charge is -2.15. The number of anilines is 1. The van der Waals surface area contributed by atoms with Gasteiger partial charge in [0, 0.05) is 12.0 Å². The van der Waals surface area contributed by atoms with Crippen molar-refractivity contribution in [1.29, 1.82) is 0 Å². The van der Waals surface area contributed by atoms with E-state index >= 15 is 0 Å². The molecule has 4 aromatic rings. The summed E-state index contributed by atoms with van der Waals surface area (Å²) in [5, 5.41) is 0. The minimum Gasteiger partial charge on any atom is -0.493 e. The zero-order valence-corrected chi connectivity index (χ0v) is 18.6. The van der Waals surface area contributed by atoms with Crippen molar-refractivity contribution in [2.24, 2.45) is 0 Å². The largest absolute Gasteiger partial charge is 0.493 e. The number of fused-ring (bicyclic) bond motifs is 1. The summed E-state index contributed by atoms with van der Waals surface area (Å²) in [6, 6.07) is 22.3. The SMILES string of the molecule is Cc1oc(-c2ccccc2)nc1CCOc1ccc(N2C(=O)c3ccccc3S2(=O)=O)cc1. The fourth-order valence-corrected chi connectivity index (χ4v) is 5.35. The highest BCUT2D eigenvalue weighted by Gasteiger charge is 2.41. The summed E-state index contributed by atoms with van der Waals surface area (Å²) in [5.74, 6) is 1.31. The molecule has 1 amide bonds. The second-order valence-corrected chi connectivity index (χ2v) is 9.31. The van der Waals surface area contributed by atoms with Crippen molar-refractivity contribution < 1.29 is 22.4 Å². The Balaban J connectivity index is 1.26. The van der Waals surface area contributed by atoms with E-state index in [4.69, 9.17) is 9.15 Å². The van der Waals surface area contributed by atoms with Crippen LogP contribution in [0.15, 0.2) is 88.2 Å². The molecule has 1 aliphatic heterocycles. The Morgan fingerprint density at radius 1 is 0.939 bits per heavy atom. The number of hydrogen-bond acceptors (Lipinski definition) is 6. The molecule has 0 radical (unpaired) electrons. The molecular weight excluding hydrogens is 440 g/mol. The molecule has 0 saturated heterocycles. The van der Waals surface area contributed by atoms with E-state index in [2.05, 4.69) is 4.98 Å². The van der Waals surface area contributed by atoms with E-state index in [1.54, 1.807) is 36.4 Å². The Morgan fingerprint density at radius 2 is 1.64 bits per heavy atom. The van der Waals surface area contributed by atoms with Crippen molar-refractivity contribution in [1.82, 2.24) is 4.98 Å². The first-order valence-corrected chi connectivity index (χ1v) is 11.8. The average molecular weight is 461 g/mol. The molecule has 7 nitrogen and oxygen atoms in total. The molecular formula is C25H20N2O5S. The van der Waals surface area contributed by atoms with Crippen molar-refractivity contribution in [3.8, 4) is 17.2 Å². The summed E-state index contributed by atoms with van der Waals surface area (Å²) in [6.45, 7) is 2.24. The standard InChI is InChI=1S/C25H20N2O5S/c1-17-22(26-24(32-17)18-7-3-2-4-8-18)15-16-31-20-13-11-19(12-14-20)27-25(28)21-9-5-6-10-23(21)33(27,29)30/h2-14H,15-16H2,1H3. The molecule has 1 aliphatic rings. The summed E-state index contributed by atoms with van der Waals surface area (Å²) in [6.07, 6.45) is 0.554. The van der Waals surface area contributed by atoms with Crippen LogP contribution in [0, 0.1) is 6.92 Å². The fraction of sp³-hybridized carbons (Fsp3) is 0.120. The molecule has 166 valence electrons. The maximum atomic E-state index is 12.8. The van der Waals surface area contributed by atoms with Crippen LogP contribution in [0.25, 0.3) is 11.5 Å². The number of aromatic nitrogens is 1. The molecule has 3 aromatic carbocycles. The Hall–Kier alpha value is -3.91. The predicted octanol–water partition coefficient (Wildman–Crippen LogP) is 4.62. The van der Waals surface area contributed by atoms with Crippen molar-refractivity contribution in [3.05, 3.63) is 95.9 Å². The number of nitrogens with zero attached hydrogens (tertiary/aromatic N) is 2. The number of benzene rings is 3. The molecule has 0 aliphatic carbocycles. The van der Waals surface area contributed by atoms with Crippen LogP contribution >= 0.6 is 0 Å². The molecule has 33 heavy (non-hydrogen) atoms. The Bertz CT molecular complexity index is 1430. The summed E-state index contributed by atoms with van der Waals surface area (Å²) < 4.78 is 38.0. The molecule has 8 heteroatoms. The van der Waals surface area contributed by atoms with Crippen LogP contribution in [0.1, 0.15) is 21.8 Å².